The zero-order valence-corrected chi connectivity index (χ0v) is 15.0. The van der Waals surface area contributed by atoms with Gasteiger partial charge in [0.1, 0.15) is 5.82 Å². The number of carbonyl (C=O) groups is 1. The predicted molar refractivity (Wildman–Crippen MR) is 101 cm³/mol. The summed E-state index contributed by atoms with van der Waals surface area (Å²) in [5.41, 5.74) is 2.91. The topological polar surface area (TPSA) is 37.6 Å². The smallest absolute Gasteiger partial charge is 0.323 e. The molecular formula is C20H18FN3OS. The van der Waals surface area contributed by atoms with E-state index >= 15 is 0 Å². The minimum absolute atomic E-state index is 0.165. The van der Waals surface area contributed by atoms with E-state index in [1.54, 1.807) is 17.0 Å². The minimum Gasteiger partial charge on any atom is -0.323 e. The number of benzene rings is 2. The largest absolute Gasteiger partial charge is 0.346 e. The molecule has 3 aromatic rings. The average Bonchev–Trinajstić information content (AvgIpc) is 3.34. The highest BCUT2D eigenvalue weighted by Gasteiger charge is 2.17. The number of hydrogen-bond acceptors (Lipinski definition) is 2. The molecule has 6 heteroatoms. The van der Waals surface area contributed by atoms with Crippen LogP contribution >= 0.6 is 11.3 Å². The van der Waals surface area contributed by atoms with Crippen molar-refractivity contribution < 1.29 is 9.18 Å². The van der Waals surface area contributed by atoms with E-state index in [2.05, 4.69) is 4.99 Å². The van der Waals surface area contributed by atoms with Gasteiger partial charge in [-0.25, -0.2) is 9.18 Å². The van der Waals surface area contributed by atoms with Crippen LogP contribution in [0.2, 0.25) is 0 Å². The second-order valence-corrected chi connectivity index (χ2v) is 7.07. The molecule has 0 aliphatic carbocycles. The van der Waals surface area contributed by atoms with E-state index in [0.29, 0.717) is 4.80 Å². The van der Waals surface area contributed by atoms with Crippen LogP contribution in [-0.4, -0.2) is 28.6 Å². The van der Waals surface area contributed by atoms with Gasteiger partial charge in [0.05, 0.1) is 0 Å². The van der Waals surface area contributed by atoms with Crippen LogP contribution in [0.4, 0.5) is 9.18 Å². The molecule has 26 heavy (non-hydrogen) atoms. The van der Waals surface area contributed by atoms with Crippen molar-refractivity contribution in [3.8, 4) is 16.8 Å². The van der Waals surface area contributed by atoms with E-state index in [1.165, 1.54) is 23.5 Å². The Hall–Kier alpha value is -2.73. The Morgan fingerprint density at radius 1 is 0.962 bits per heavy atom. The van der Waals surface area contributed by atoms with E-state index < -0.39 is 0 Å². The van der Waals surface area contributed by atoms with Gasteiger partial charge in [0, 0.05) is 30.4 Å². The predicted octanol–water partition coefficient (Wildman–Crippen LogP) is 4.46. The second-order valence-electron chi connectivity index (χ2n) is 6.20. The molecular weight excluding hydrogens is 349 g/mol. The highest BCUT2D eigenvalue weighted by molar-refractivity contribution is 7.07. The van der Waals surface area contributed by atoms with Gasteiger partial charge in [-0.15, -0.1) is 11.3 Å². The Labute approximate surface area is 154 Å². The van der Waals surface area contributed by atoms with Gasteiger partial charge >= 0.3 is 6.03 Å². The monoisotopic (exact) mass is 367 g/mol. The van der Waals surface area contributed by atoms with Crippen LogP contribution in [0.1, 0.15) is 12.8 Å². The molecule has 4 rings (SSSR count). The summed E-state index contributed by atoms with van der Waals surface area (Å²) in [6, 6.07) is 14.2. The lowest BCUT2D eigenvalue weighted by Crippen LogP contribution is -2.27. The average molecular weight is 367 g/mol. The van der Waals surface area contributed by atoms with E-state index in [9.17, 15) is 9.18 Å². The fraction of sp³-hybridized carbons (Fsp3) is 0.200. The number of nitrogens with zero attached hydrogens (tertiary/aromatic N) is 3. The molecule has 0 spiro atoms. The highest BCUT2D eigenvalue weighted by Crippen LogP contribution is 2.21. The van der Waals surface area contributed by atoms with E-state index in [-0.39, 0.29) is 11.8 Å². The molecule has 2 heterocycles. The molecule has 1 fully saturated rings. The number of hydrogen-bond donors (Lipinski definition) is 0. The van der Waals surface area contributed by atoms with Gasteiger partial charge in [-0.05, 0) is 48.2 Å². The summed E-state index contributed by atoms with van der Waals surface area (Å²) in [7, 11) is 0. The normalized spacial score (nSPS) is 14.8. The standard InChI is InChI=1S/C20H18FN3OS/c21-17-7-3-15(4-8-17)16-5-9-18(10-6-16)24-13-14-26-20(24)22-19(25)23-11-1-2-12-23/h3-10,13-14H,1-2,11-12H2/b22-20-. The van der Waals surface area contributed by atoms with Crippen LogP contribution in [-0.2, 0) is 0 Å². The highest BCUT2D eigenvalue weighted by atomic mass is 32.1. The van der Waals surface area contributed by atoms with Gasteiger partial charge in [-0.3, -0.25) is 4.57 Å². The van der Waals surface area contributed by atoms with Crippen LogP contribution in [0.3, 0.4) is 0 Å². The van der Waals surface area contributed by atoms with Crippen molar-refractivity contribution in [2.24, 2.45) is 4.99 Å². The van der Waals surface area contributed by atoms with Gasteiger partial charge in [-0.2, -0.15) is 4.99 Å². The van der Waals surface area contributed by atoms with Crippen molar-refractivity contribution >= 4 is 17.4 Å². The first-order valence-corrected chi connectivity index (χ1v) is 9.45. The maximum atomic E-state index is 13.1. The van der Waals surface area contributed by atoms with Gasteiger partial charge < -0.3 is 4.90 Å². The van der Waals surface area contributed by atoms with Crippen molar-refractivity contribution in [1.29, 1.82) is 0 Å². The van der Waals surface area contributed by atoms with Gasteiger partial charge in [0.25, 0.3) is 0 Å². The number of rotatable bonds is 2. The van der Waals surface area contributed by atoms with E-state index in [0.717, 1.165) is 42.7 Å². The Kier molecular flexibility index (Phi) is 4.67. The Bertz CT molecular complexity index is 967. The Morgan fingerprint density at radius 3 is 2.23 bits per heavy atom. The third-order valence-corrected chi connectivity index (χ3v) is 5.24. The molecule has 1 saturated heterocycles. The van der Waals surface area contributed by atoms with Crippen molar-refractivity contribution in [1.82, 2.24) is 9.47 Å². The van der Waals surface area contributed by atoms with Crippen LogP contribution in [0, 0.1) is 5.82 Å². The number of carbonyl (C=O) groups excluding carboxylic acids is 1. The van der Waals surface area contributed by atoms with Gasteiger partial charge in [0.2, 0.25) is 0 Å². The molecule has 0 unspecified atom stereocenters. The summed E-state index contributed by atoms with van der Waals surface area (Å²) in [5, 5.41) is 1.92. The first-order chi connectivity index (χ1) is 12.7. The quantitative estimate of drug-likeness (QED) is 0.659. The lowest BCUT2D eigenvalue weighted by Gasteiger charge is -2.10. The molecule has 0 saturated carbocycles. The Morgan fingerprint density at radius 2 is 1.58 bits per heavy atom. The molecule has 0 bridgehead atoms. The molecule has 2 aromatic carbocycles. The SMILES string of the molecule is O=C(/N=c1\sccn1-c1ccc(-c2ccc(F)cc2)cc1)N1CCCC1. The number of amides is 2. The molecule has 0 N–H and O–H groups in total. The number of thiazole rings is 1. The van der Waals surface area contributed by atoms with Crippen molar-refractivity contribution in [3.05, 3.63) is 70.7 Å². The first-order valence-electron chi connectivity index (χ1n) is 8.57. The molecule has 1 aromatic heterocycles. The second kappa shape index (κ2) is 7.25. The maximum Gasteiger partial charge on any atom is 0.346 e. The lowest BCUT2D eigenvalue weighted by molar-refractivity contribution is 0.218. The summed E-state index contributed by atoms with van der Waals surface area (Å²) in [4.78, 5) is 19.0. The molecule has 4 nitrogen and oxygen atoms in total. The molecule has 1 aliphatic heterocycles. The summed E-state index contributed by atoms with van der Waals surface area (Å²) in [6.07, 6.45) is 4.01. The third-order valence-electron chi connectivity index (χ3n) is 4.48. The molecule has 1 aliphatic rings. The molecule has 0 atom stereocenters. The van der Waals surface area contributed by atoms with Gasteiger partial charge in [-0.1, -0.05) is 24.3 Å². The third kappa shape index (κ3) is 3.46. The summed E-state index contributed by atoms with van der Waals surface area (Å²) < 4.78 is 15.0. The summed E-state index contributed by atoms with van der Waals surface area (Å²) in [5.74, 6) is -0.242. The fourth-order valence-corrected chi connectivity index (χ4v) is 3.78. The summed E-state index contributed by atoms with van der Waals surface area (Å²) >= 11 is 1.44. The van der Waals surface area contributed by atoms with Crippen molar-refractivity contribution in [2.45, 2.75) is 12.8 Å². The maximum absolute atomic E-state index is 13.1. The first kappa shape index (κ1) is 16.7. The van der Waals surface area contributed by atoms with Crippen molar-refractivity contribution in [3.63, 3.8) is 0 Å². The van der Waals surface area contributed by atoms with E-state index in [1.807, 2.05) is 40.4 Å². The number of likely N-dealkylation sites (tertiary alicyclic amines) is 1. The van der Waals surface area contributed by atoms with Crippen LogP contribution in [0.5, 0.6) is 0 Å². The van der Waals surface area contributed by atoms with Crippen molar-refractivity contribution in [2.75, 3.05) is 13.1 Å². The molecule has 0 radical (unpaired) electrons. The van der Waals surface area contributed by atoms with Crippen LogP contribution in [0.25, 0.3) is 16.8 Å². The lowest BCUT2D eigenvalue weighted by atomic mass is 10.1. The minimum atomic E-state index is -0.242. The van der Waals surface area contributed by atoms with Gasteiger partial charge in [0.15, 0.2) is 4.80 Å². The zero-order chi connectivity index (χ0) is 17.9. The molecule has 132 valence electrons. The van der Waals surface area contributed by atoms with Crippen LogP contribution < -0.4 is 4.80 Å². The summed E-state index contributed by atoms with van der Waals surface area (Å²) in [6.45, 7) is 1.58. The number of aromatic nitrogens is 1. The fourth-order valence-electron chi connectivity index (χ4n) is 3.07. The van der Waals surface area contributed by atoms with E-state index in [4.69, 9.17) is 0 Å². The number of halogens is 1. The molecule has 2 amide bonds. The zero-order valence-electron chi connectivity index (χ0n) is 14.1. The van der Waals surface area contributed by atoms with Crippen LogP contribution in [0.15, 0.2) is 65.1 Å². The Balaban J connectivity index is 1.61. The number of urea groups is 1.